The van der Waals surface area contributed by atoms with Crippen LogP contribution in [0.25, 0.3) is 0 Å². The van der Waals surface area contributed by atoms with Crippen LogP contribution in [-0.4, -0.2) is 37.0 Å². The maximum Gasteiger partial charge on any atom is 0.303 e. The number of alkyl halides is 1. The van der Waals surface area contributed by atoms with Gasteiger partial charge in [-0.15, -0.1) is 11.6 Å². The van der Waals surface area contributed by atoms with E-state index in [1.807, 2.05) is 0 Å². The van der Waals surface area contributed by atoms with E-state index < -0.39 is 5.97 Å². The topological polar surface area (TPSA) is 94.1 Å². The maximum absolute atomic E-state index is 10.7. The summed E-state index contributed by atoms with van der Waals surface area (Å²) in [7, 11) is 3.00. The minimum Gasteiger partial charge on any atom is -0.493 e. The Kier molecular flexibility index (Phi) is 6.11. The molecule has 0 aromatic heterocycles. The molecule has 0 heterocycles. The summed E-state index contributed by atoms with van der Waals surface area (Å²) in [5, 5.41) is 8.78. The lowest BCUT2D eigenvalue weighted by molar-refractivity contribution is -0.136. The number of benzene rings is 1. The number of nitrogens with two attached hydrogens (primary N) is 1. The highest BCUT2D eigenvalue weighted by Gasteiger charge is 2.13. The molecule has 7 heteroatoms. The van der Waals surface area contributed by atoms with Crippen LogP contribution >= 0.6 is 11.6 Å². The highest BCUT2D eigenvalue weighted by molar-refractivity contribution is 6.28. The van der Waals surface area contributed by atoms with Crippen LogP contribution in [0.3, 0.4) is 0 Å². The lowest BCUT2D eigenvalue weighted by Gasteiger charge is -2.13. The van der Waals surface area contributed by atoms with Gasteiger partial charge in [0.1, 0.15) is 5.84 Å². The molecule has 20 heavy (non-hydrogen) atoms. The number of halogens is 1. The number of aliphatic carboxylic acids is 1. The highest BCUT2D eigenvalue weighted by atomic mass is 35.5. The number of hydrogen-bond acceptors (Lipinski definition) is 4. The van der Waals surface area contributed by atoms with E-state index in [0.717, 1.165) is 0 Å². The Morgan fingerprint density at radius 3 is 2.60 bits per heavy atom. The fourth-order valence-corrected chi connectivity index (χ4v) is 1.77. The lowest BCUT2D eigenvalue weighted by atomic mass is 10.1. The van der Waals surface area contributed by atoms with Gasteiger partial charge >= 0.3 is 5.97 Å². The van der Waals surface area contributed by atoms with E-state index in [1.165, 1.54) is 14.2 Å². The molecule has 0 bridgehead atoms. The molecular formula is C13H17ClN2O4. The van der Waals surface area contributed by atoms with E-state index in [0.29, 0.717) is 29.2 Å². The Balaban J connectivity index is 3.23. The minimum atomic E-state index is -0.889. The molecule has 0 aliphatic heterocycles. The van der Waals surface area contributed by atoms with Crippen LogP contribution in [0.5, 0.6) is 11.5 Å². The second-order valence-electron chi connectivity index (χ2n) is 3.97. The number of nitrogens with zero attached hydrogens (tertiary/aromatic N) is 1. The molecule has 110 valence electrons. The van der Waals surface area contributed by atoms with Crippen LogP contribution in [0.2, 0.25) is 0 Å². The standard InChI is InChI=1S/C13H17ClN2O4/c1-19-10-6-9(16-11(15)7-14)5-8(13(10)20-2)3-4-12(17)18/h5-6H,3-4,7H2,1-2H3,(H2,15,16)(H,17,18). The van der Waals surface area contributed by atoms with Crippen molar-refractivity contribution in [2.75, 3.05) is 20.1 Å². The fraction of sp³-hybridized carbons (Fsp3) is 0.385. The monoisotopic (exact) mass is 300 g/mol. The molecule has 0 aliphatic rings. The van der Waals surface area contributed by atoms with Crippen LogP contribution in [0, 0.1) is 0 Å². The average Bonchev–Trinajstić information content (AvgIpc) is 2.44. The van der Waals surface area contributed by atoms with Gasteiger partial charge in [0, 0.05) is 18.1 Å². The summed E-state index contributed by atoms with van der Waals surface area (Å²) >= 11 is 5.59. The molecule has 3 N–H and O–H groups in total. The molecule has 0 atom stereocenters. The van der Waals surface area contributed by atoms with Crippen molar-refractivity contribution in [1.82, 2.24) is 0 Å². The molecule has 0 aliphatic carbocycles. The largest absolute Gasteiger partial charge is 0.493 e. The Bertz CT molecular complexity index is 517. The first-order valence-corrected chi connectivity index (χ1v) is 6.41. The van der Waals surface area contributed by atoms with Crippen molar-refractivity contribution in [3.8, 4) is 11.5 Å². The number of amidine groups is 1. The molecule has 0 saturated heterocycles. The Hall–Kier alpha value is -1.95. The molecule has 0 amide bonds. The number of rotatable bonds is 7. The van der Waals surface area contributed by atoms with Crippen LogP contribution in [0.15, 0.2) is 17.1 Å². The minimum absolute atomic E-state index is 0.0162. The predicted molar refractivity (Wildman–Crippen MR) is 77.5 cm³/mol. The summed E-state index contributed by atoms with van der Waals surface area (Å²) in [6, 6.07) is 3.37. The second-order valence-corrected chi connectivity index (χ2v) is 4.24. The van der Waals surface area contributed by atoms with E-state index in [2.05, 4.69) is 4.99 Å². The van der Waals surface area contributed by atoms with Crippen LogP contribution < -0.4 is 15.2 Å². The van der Waals surface area contributed by atoms with E-state index in [9.17, 15) is 4.79 Å². The summed E-state index contributed by atoms with van der Waals surface area (Å²) in [6.07, 6.45) is 0.288. The van der Waals surface area contributed by atoms with Gasteiger partial charge in [-0.3, -0.25) is 4.79 Å². The molecule has 1 rings (SSSR count). The molecule has 1 aromatic carbocycles. The number of aliphatic imine (C=N–C) groups is 1. The van der Waals surface area contributed by atoms with Gasteiger partial charge in [-0.05, 0) is 12.5 Å². The Labute approximate surface area is 122 Å². The van der Waals surface area contributed by atoms with Gasteiger partial charge in [-0.1, -0.05) is 0 Å². The summed E-state index contributed by atoms with van der Waals surface area (Å²) in [5.74, 6) is 0.454. The molecule has 0 unspecified atom stereocenters. The predicted octanol–water partition coefficient (Wildman–Crippen LogP) is 1.95. The lowest BCUT2D eigenvalue weighted by Crippen LogP contribution is -2.12. The molecule has 0 saturated carbocycles. The van der Waals surface area contributed by atoms with Gasteiger partial charge in [0.05, 0.1) is 25.8 Å². The highest BCUT2D eigenvalue weighted by Crippen LogP contribution is 2.36. The van der Waals surface area contributed by atoms with Crippen molar-refractivity contribution < 1.29 is 19.4 Å². The van der Waals surface area contributed by atoms with Crippen molar-refractivity contribution in [3.05, 3.63) is 17.7 Å². The van der Waals surface area contributed by atoms with Gasteiger partial charge < -0.3 is 20.3 Å². The van der Waals surface area contributed by atoms with E-state index in [4.69, 9.17) is 31.9 Å². The smallest absolute Gasteiger partial charge is 0.303 e. The zero-order chi connectivity index (χ0) is 15.1. The third-order valence-corrected chi connectivity index (χ3v) is 2.83. The van der Waals surface area contributed by atoms with Crippen molar-refractivity contribution in [3.63, 3.8) is 0 Å². The van der Waals surface area contributed by atoms with Crippen LogP contribution in [0.1, 0.15) is 12.0 Å². The molecule has 0 fully saturated rings. The van der Waals surface area contributed by atoms with Gasteiger partial charge in [0.2, 0.25) is 0 Å². The first-order chi connectivity index (χ1) is 9.51. The molecule has 6 nitrogen and oxygen atoms in total. The normalized spacial score (nSPS) is 11.2. The van der Waals surface area contributed by atoms with Crippen molar-refractivity contribution in [2.24, 2.45) is 10.7 Å². The Morgan fingerprint density at radius 2 is 2.10 bits per heavy atom. The van der Waals surface area contributed by atoms with Crippen molar-refractivity contribution >= 4 is 29.1 Å². The van der Waals surface area contributed by atoms with Gasteiger partial charge in [-0.2, -0.15) is 0 Å². The summed E-state index contributed by atoms with van der Waals surface area (Å²) in [5.41, 5.74) is 6.82. The average molecular weight is 301 g/mol. The van der Waals surface area contributed by atoms with E-state index >= 15 is 0 Å². The molecule has 1 aromatic rings. The molecule has 0 spiro atoms. The molecular weight excluding hydrogens is 284 g/mol. The number of aryl methyl sites for hydroxylation is 1. The third-order valence-electron chi connectivity index (χ3n) is 2.56. The van der Waals surface area contributed by atoms with Gasteiger partial charge in [0.15, 0.2) is 11.5 Å². The second kappa shape index (κ2) is 7.59. The number of carboxylic acid groups (broad SMARTS) is 1. The number of carbonyl (C=O) groups is 1. The zero-order valence-corrected chi connectivity index (χ0v) is 12.1. The number of hydrogen-bond donors (Lipinski definition) is 2. The number of carboxylic acids is 1. The zero-order valence-electron chi connectivity index (χ0n) is 11.4. The summed E-state index contributed by atoms with van der Waals surface area (Å²) < 4.78 is 10.5. The van der Waals surface area contributed by atoms with Crippen LogP contribution in [0.4, 0.5) is 5.69 Å². The number of ether oxygens (including phenoxy) is 2. The van der Waals surface area contributed by atoms with E-state index in [-0.39, 0.29) is 18.1 Å². The van der Waals surface area contributed by atoms with Gasteiger partial charge in [0.25, 0.3) is 0 Å². The van der Waals surface area contributed by atoms with Crippen LogP contribution in [-0.2, 0) is 11.2 Å². The first kappa shape index (κ1) is 16.1. The third kappa shape index (κ3) is 4.31. The van der Waals surface area contributed by atoms with Gasteiger partial charge in [-0.25, -0.2) is 4.99 Å². The Morgan fingerprint density at radius 1 is 1.40 bits per heavy atom. The van der Waals surface area contributed by atoms with E-state index in [1.54, 1.807) is 12.1 Å². The number of methoxy groups -OCH3 is 2. The summed E-state index contributed by atoms with van der Waals surface area (Å²) in [6.45, 7) is 0. The maximum atomic E-state index is 10.7. The SMILES string of the molecule is COc1cc(N=C(N)CCl)cc(CCC(=O)O)c1OC. The van der Waals surface area contributed by atoms with Crippen molar-refractivity contribution in [1.29, 1.82) is 0 Å². The molecule has 0 radical (unpaired) electrons. The summed E-state index contributed by atoms with van der Waals surface area (Å²) in [4.78, 5) is 14.8. The first-order valence-electron chi connectivity index (χ1n) is 5.87. The quantitative estimate of drug-likeness (QED) is 0.456. The van der Waals surface area contributed by atoms with Crippen molar-refractivity contribution in [2.45, 2.75) is 12.8 Å². The fourth-order valence-electron chi connectivity index (χ4n) is 1.71.